The van der Waals surface area contributed by atoms with Crippen molar-refractivity contribution in [3.05, 3.63) is 95.2 Å². The van der Waals surface area contributed by atoms with E-state index >= 15 is 0 Å². The summed E-state index contributed by atoms with van der Waals surface area (Å²) in [6.07, 6.45) is 0. The second kappa shape index (κ2) is 7.12. The van der Waals surface area contributed by atoms with Crippen LogP contribution in [-0.2, 0) is 6.54 Å². The SMILES string of the molecule is Cc1ccc(-c2c(C(=O)NCc3ccccc3)oc3ccc(C)cc23)cc1. The van der Waals surface area contributed by atoms with Crippen molar-refractivity contribution < 1.29 is 9.21 Å². The largest absolute Gasteiger partial charge is 0.450 e. The molecule has 4 rings (SSSR count). The quantitative estimate of drug-likeness (QED) is 0.514. The monoisotopic (exact) mass is 355 g/mol. The Morgan fingerprint density at radius 2 is 1.59 bits per heavy atom. The molecule has 0 saturated heterocycles. The second-order valence-corrected chi connectivity index (χ2v) is 6.84. The highest BCUT2D eigenvalue weighted by Gasteiger charge is 2.21. The van der Waals surface area contributed by atoms with E-state index in [4.69, 9.17) is 4.42 Å². The number of amides is 1. The summed E-state index contributed by atoms with van der Waals surface area (Å²) in [5.74, 6) is 0.152. The number of aryl methyl sites for hydroxylation is 2. The molecule has 0 aliphatic heterocycles. The third-order valence-corrected chi connectivity index (χ3v) is 4.69. The first-order valence-electron chi connectivity index (χ1n) is 9.04. The number of rotatable bonds is 4. The van der Waals surface area contributed by atoms with Gasteiger partial charge in [-0.1, -0.05) is 71.8 Å². The molecular weight excluding hydrogens is 334 g/mol. The Morgan fingerprint density at radius 1 is 0.889 bits per heavy atom. The molecule has 0 bridgehead atoms. The van der Waals surface area contributed by atoms with Gasteiger partial charge >= 0.3 is 0 Å². The fourth-order valence-corrected chi connectivity index (χ4v) is 3.24. The maximum absolute atomic E-state index is 12.9. The van der Waals surface area contributed by atoms with Crippen molar-refractivity contribution in [2.24, 2.45) is 0 Å². The van der Waals surface area contributed by atoms with Crippen LogP contribution < -0.4 is 5.32 Å². The summed E-state index contributed by atoms with van der Waals surface area (Å²) in [7, 11) is 0. The predicted molar refractivity (Wildman–Crippen MR) is 109 cm³/mol. The first-order valence-corrected chi connectivity index (χ1v) is 9.04. The van der Waals surface area contributed by atoms with Gasteiger partial charge in [0.1, 0.15) is 5.58 Å². The van der Waals surface area contributed by atoms with Gasteiger partial charge in [0.05, 0.1) is 0 Å². The minimum absolute atomic E-state index is 0.205. The Hall–Kier alpha value is -3.33. The molecule has 0 aliphatic rings. The Kier molecular flexibility index (Phi) is 4.51. The minimum atomic E-state index is -0.205. The Labute approximate surface area is 158 Å². The number of benzene rings is 3. The van der Waals surface area contributed by atoms with Crippen LogP contribution in [0, 0.1) is 13.8 Å². The summed E-state index contributed by atoms with van der Waals surface area (Å²) in [6, 6.07) is 24.0. The number of nitrogens with one attached hydrogen (secondary N) is 1. The number of fused-ring (bicyclic) bond motifs is 1. The molecule has 0 spiro atoms. The van der Waals surface area contributed by atoms with E-state index in [0.717, 1.165) is 33.2 Å². The average molecular weight is 355 g/mol. The topological polar surface area (TPSA) is 42.2 Å². The van der Waals surface area contributed by atoms with Gasteiger partial charge in [-0.2, -0.15) is 0 Å². The molecule has 4 aromatic rings. The number of hydrogen-bond acceptors (Lipinski definition) is 2. The molecule has 3 aromatic carbocycles. The van der Waals surface area contributed by atoms with Gasteiger partial charge in [0, 0.05) is 17.5 Å². The van der Waals surface area contributed by atoms with E-state index in [-0.39, 0.29) is 5.91 Å². The maximum atomic E-state index is 12.9. The van der Waals surface area contributed by atoms with Crippen molar-refractivity contribution >= 4 is 16.9 Å². The van der Waals surface area contributed by atoms with Crippen molar-refractivity contribution in [2.45, 2.75) is 20.4 Å². The van der Waals surface area contributed by atoms with Crippen LogP contribution in [0.1, 0.15) is 27.2 Å². The number of carbonyl (C=O) groups excluding carboxylic acids is 1. The lowest BCUT2D eigenvalue weighted by atomic mass is 9.99. The first kappa shape index (κ1) is 17.1. The lowest BCUT2D eigenvalue weighted by Crippen LogP contribution is -2.22. The zero-order chi connectivity index (χ0) is 18.8. The van der Waals surface area contributed by atoms with Crippen molar-refractivity contribution in [3.63, 3.8) is 0 Å². The molecule has 0 radical (unpaired) electrons. The second-order valence-electron chi connectivity index (χ2n) is 6.84. The van der Waals surface area contributed by atoms with Gasteiger partial charge in [-0.25, -0.2) is 0 Å². The number of furan rings is 1. The third-order valence-electron chi connectivity index (χ3n) is 4.69. The molecular formula is C24H21NO2. The summed E-state index contributed by atoms with van der Waals surface area (Å²) >= 11 is 0. The average Bonchev–Trinajstić information content (AvgIpc) is 3.06. The Morgan fingerprint density at radius 3 is 2.33 bits per heavy atom. The molecule has 27 heavy (non-hydrogen) atoms. The van der Waals surface area contributed by atoms with Gasteiger partial charge in [-0.15, -0.1) is 0 Å². The van der Waals surface area contributed by atoms with Crippen molar-refractivity contribution in [3.8, 4) is 11.1 Å². The fraction of sp³-hybridized carbons (Fsp3) is 0.125. The standard InChI is InChI=1S/C24H21NO2/c1-16-8-11-19(12-9-16)22-20-14-17(2)10-13-21(20)27-23(22)24(26)25-15-18-6-4-3-5-7-18/h3-14H,15H2,1-2H3,(H,25,26). The smallest absolute Gasteiger partial charge is 0.287 e. The van der Waals surface area contributed by atoms with Crippen LogP contribution in [0.4, 0.5) is 0 Å². The zero-order valence-corrected chi connectivity index (χ0v) is 15.5. The highest BCUT2D eigenvalue weighted by molar-refractivity contribution is 6.08. The predicted octanol–water partition coefficient (Wildman–Crippen LogP) is 5.65. The lowest BCUT2D eigenvalue weighted by molar-refractivity contribution is 0.0926. The van der Waals surface area contributed by atoms with Gasteiger partial charge in [-0.05, 0) is 37.1 Å². The maximum Gasteiger partial charge on any atom is 0.287 e. The Bertz CT molecular complexity index is 1090. The van der Waals surface area contributed by atoms with Crippen LogP contribution in [0.2, 0.25) is 0 Å². The summed E-state index contributed by atoms with van der Waals surface area (Å²) in [5.41, 5.74) is 5.91. The van der Waals surface area contributed by atoms with Crippen LogP contribution >= 0.6 is 0 Å². The van der Waals surface area contributed by atoms with Gasteiger partial charge in [0.15, 0.2) is 0 Å². The summed E-state index contributed by atoms with van der Waals surface area (Å²) in [6.45, 7) is 4.55. The van der Waals surface area contributed by atoms with E-state index in [9.17, 15) is 4.79 Å². The van der Waals surface area contributed by atoms with E-state index in [1.54, 1.807) is 0 Å². The molecule has 0 saturated carbocycles. The van der Waals surface area contributed by atoms with Crippen LogP contribution in [0.5, 0.6) is 0 Å². The molecule has 1 heterocycles. The normalized spacial score (nSPS) is 10.9. The molecule has 0 unspecified atom stereocenters. The number of carbonyl (C=O) groups is 1. The first-order chi connectivity index (χ1) is 13.1. The summed E-state index contributed by atoms with van der Waals surface area (Å²) in [4.78, 5) is 12.9. The van der Waals surface area contributed by atoms with Crippen molar-refractivity contribution in [1.29, 1.82) is 0 Å². The van der Waals surface area contributed by atoms with Gasteiger partial charge < -0.3 is 9.73 Å². The third kappa shape index (κ3) is 3.49. The highest BCUT2D eigenvalue weighted by atomic mass is 16.3. The molecule has 0 atom stereocenters. The molecule has 1 amide bonds. The van der Waals surface area contributed by atoms with E-state index < -0.39 is 0 Å². The molecule has 1 aromatic heterocycles. The molecule has 134 valence electrons. The molecule has 3 nitrogen and oxygen atoms in total. The van der Waals surface area contributed by atoms with Gasteiger partial charge in [0.2, 0.25) is 5.76 Å². The van der Waals surface area contributed by atoms with Crippen LogP contribution in [0.25, 0.3) is 22.1 Å². The van der Waals surface area contributed by atoms with Crippen LogP contribution in [-0.4, -0.2) is 5.91 Å². The molecule has 3 heteroatoms. The van der Waals surface area contributed by atoms with E-state index in [2.05, 4.69) is 30.4 Å². The fourth-order valence-electron chi connectivity index (χ4n) is 3.24. The van der Waals surface area contributed by atoms with Crippen molar-refractivity contribution in [2.75, 3.05) is 0 Å². The molecule has 0 aliphatic carbocycles. The highest BCUT2D eigenvalue weighted by Crippen LogP contribution is 2.35. The lowest BCUT2D eigenvalue weighted by Gasteiger charge is -2.06. The molecule has 0 fully saturated rings. The number of hydrogen-bond donors (Lipinski definition) is 1. The summed E-state index contributed by atoms with van der Waals surface area (Å²) < 4.78 is 5.98. The zero-order valence-electron chi connectivity index (χ0n) is 15.5. The van der Waals surface area contributed by atoms with Crippen LogP contribution in [0.3, 0.4) is 0 Å². The van der Waals surface area contributed by atoms with Crippen molar-refractivity contribution in [1.82, 2.24) is 5.32 Å². The molecule has 1 N–H and O–H groups in total. The Balaban J connectivity index is 1.76. The van der Waals surface area contributed by atoms with E-state index in [1.165, 1.54) is 5.56 Å². The van der Waals surface area contributed by atoms with Crippen LogP contribution in [0.15, 0.2) is 77.2 Å². The minimum Gasteiger partial charge on any atom is -0.450 e. The summed E-state index contributed by atoms with van der Waals surface area (Å²) in [5, 5.41) is 3.94. The van der Waals surface area contributed by atoms with Gasteiger partial charge in [0.25, 0.3) is 5.91 Å². The van der Waals surface area contributed by atoms with E-state index in [0.29, 0.717) is 12.3 Å². The van der Waals surface area contributed by atoms with Gasteiger partial charge in [-0.3, -0.25) is 4.79 Å². The van der Waals surface area contributed by atoms with E-state index in [1.807, 2.05) is 61.5 Å².